The minimum Gasteiger partial charge on any atom is -0.368 e. The smallest absolute Gasteiger partial charge is 0.126 e. The van der Waals surface area contributed by atoms with E-state index in [4.69, 9.17) is 4.74 Å². The maximum Gasteiger partial charge on any atom is 0.126 e. The molecule has 3 unspecified atom stereocenters. The number of ether oxygens (including phenoxy) is 1. The van der Waals surface area contributed by atoms with E-state index in [2.05, 4.69) is 4.98 Å². The third-order valence-corrected chi connectivity index (χ3v) is 7.77. The van der Waals surface area contributed by atoms with Crippen molar-refractivity contribution in [3.05, 3.63) is 57.7 Å². The van der Waals surface area contributed by atoms with Gasteiger partial charge in [0.2, 0.25) is 0 Å². The number of nitrogens with zero attached hydrogens (tertiary/aromatic N) is 1. The quantitative estimate of drug-likeness (QED) is 0.645. The Morgan fingerprint density at radius 3 is 2.82 bits per heavy atom. The average Bonchev–Trinajstić information content (AvgIpc) is 3.31. The molecule has 0 saturated heterocycles. The number of hydrogen-bond donors (Lipinski definition) is 1. The van der Waals surface area contributed by atoms with Crippen LogP contribution < -0.4 is 0 Å². The minimum absolute atomic E-state index is 0.244. The second-order valence-corrected chi connectivity index (χ2v) is 9.18. The minimum atomic E-state index is -1.07. The molecule has 1 aliphatic carbocycles. The molecule has 0 amide bonds. The van der Waals surface area contributed by atoms with Crippen molar-refractivity contribution in [1.29, 1.82) is 0 Å². The van der Waals surface area contributed by atoms with E-state index in [9.17, 15) is 4.39 Å². The Morgan fingerprint density at radius 1 is 1.25 bits per heavy atom. The molecule has 28 heavy (non-hydrogen) atoms. The van der Waals surface area contributed by atoms with Gasteiger partial charge in [0, 0.05) is 22.2 Å². The van der Waals surface area contributed by atoms with Crippen LogP contribution in [0.25, 0.3) is 10.9 Å². The lowest BCUT2D eigenvalue weighted by atomic mass is 9.68. The highest BCUT2D eigenvalue weighted by atomic mass is 32.1. The molecular weight excluding hydrogens is 378 g/mol. The van der Waals surface area contributed by atoms with Gasteiger partial charge in [-0.2, -0.15) is 0 Å². The summed E-state index contributed by atoms with van der Waals surface area (Å²) >= 11 is 1.61. The Labute approximate surface area is 167 Å². The molecule has 5 rings (SSSR count). The second-order valence-electron chi connectivity index (χ2n) is 8.23. The molecule has 0 bridgehead atoms. The molecule has 148 valence electrons. The molecule has 3 atom stereocenters. The summed E-state index contributed by atoms with van der Waals surface area (Å²) in [5.41, 5.74) is 1.63. The molecule has 2 aliphatic rings. The Balaban J connectivity index is 1.59. The van der Waals surface area contributed by atoms with Crippen LogP contribution in [0.3, 0.4) is 0 Å². The molecule has 6 heteroatoms. The first-order valence-corrected chi connectivity index (χ1v) is 10.6. The predicted molar refractivity (Wildman–Crippen MR) is 108 cm³/mol. The van der Waals surface area contributed by atoms with Crippen molar-refractivity contribution in [2.24, 2.45) is 0 Å². The number of thiophene rings is 1. The Morgan fingerprint density at radius 2 is 2.11 bits per heavy atom. The third-order valence-electron chi connectivity index (χ3n) is 6.74. The van der Waals surface area contributed by atoms with Crippen LogP contribution in [0.4, 0.5) is 8.78 Å². The maximum absolute atomic E-state index is 16.0. The molecule has 1 aromatic carbocycles. The van der Waals surface area contributed by atoms with Crippen LogP contribution in [-0.2, 0) is 22.3 Å². The first-order valence-electron chi connectivity index (χ1n) is 9.76. The standard InChI is InChI=1S/C22H24F2N2OS/c1-26(2)22(19-4-3-11-28-19)9-8-21(13-18(22)24)20-15(7-10-27-21)16-12-14(23)5-6-17(16)25-20/h3-6,11-12,18,25H,7-10,13H2,1-2H3. The first-order chi connectivity index (χ1) is 13.5. The molecule has 2 aromatic heterocycles. The van der Waals surface area contributed by atoms with Gasteiger partial charge >= 0.3 is 0 Å². The molecule has 1 saturated carbocycles. The van der Waals surface area contributed by atoms with E-state index < -0.39 is 17.3 Å². The SMILES string of the molecule is CN(C)C1(c2cccs2)CCC2(CC1F)OCCc1c2[nH]c2ccc(F)cc12. The van der Waals surface area contributed by atoms with Crippen LogP contribution in [0.1, 0.15) is 35.4 Å². The molecule has 0 radical (unpaired) electrons. The van der Waals surface area contributed by atoms with Crippen molar-refractivity contribution >= 4 is 22.2 Å². The molecule has 3 nitrogen and oxygen atoms in total. The zero-order valence-electron chi connectivity index (χ0n) is 16.1. The van der Waals surface area contributed by atoms with Crippen LogP contribution in [0.2, 0.25) is 0 Å². The molecule has 1 N–H and O–H groups in total. The van der Waals surface area contributed by atoms with Gasteiger partial charge in [0.25, 0.3) is 0 Å². The monoisotopic (exact) mass is 402 g/mol. The van der Waals surface area contributed by atoms with Crippen LogP contribution in [0.15, 0.2) is 35.7 Å². The topological polar surface area (TPSA) is 28.3 Å². The zero-order valence-corrected chi connectivity index (χ0v) is 16.9. The number of benzene rings is 1. The first kappa shape index (κ1) is 18.3. The fourth-order valence-electron chi connectivity index (χ4n) is 5.28. The van der Waals surface area contributed by atoms with Crippen LogP contribution >= 0.6 is 11.3 Å². The highest BCUT2D eigenvalue weighted by Gasteiger charge is 2.55. The van der Waals surface area contributed by atoms with Crippen molar-refractivity contribution in [3.8, 4) is 0 Å². The summed E-state index contributed by atoms with van der Waals surface area (Å²) in [6.45, 7) is 0.539. The van der Waals surface area contributed by atoms with E-state index >= 15 is 4.39 Å². The Hall–Kier alpha value is -1.76. The van der Waals surface area contributed by atoms with Gasteiger partial charge in [-0.05, 0) is 68.6 Å². The second kappa shape index (κ2) is 6.37. The van der Waals surface area contributed by atoms with Crippen molar-refractivity contribution in [2.75, 3.05) is 20.7 Å². The fourth-order valence-corrected chi connectivity index (χ4v) is 6.36. The lowest BCUT2D eigenvalue weighted by Gasteiger charge is -2.51. The van der Waals surface area contributed by atoms with E-state index in [0.717, 1.165) is 39.9 Å². The van der Waals surface area contributed by atoms with Gasteiger partial charge in [0.05, 0.1) is 17.8 Å². The predicted octanol–water partition coefficient (Wildman–Crippen LogP) is 5.12. The van der Waals surface area contributed by atoms with Crippen LogP contribution in [-0.4, -0.2) is 36.8 Å². The number of alkyl halides is 1. The zero-order chi connectivity index (χ0) is 19.5. The van der Waals surface area contributed by atoms with E-state index in [1.54, 1.807) is 23.5 Å². The number of halogens is 2. The van der Waals surface area contributed by atoms with Gasteiger partial charge in [-0.15, -0.1) is 11.3 Å². The van der Waals surface area contributed by atoms with E-state index in [-0.39, 0.29) is 5.82 Å². The van der Waals surface area contributed by atoms with Gasteiger partial charge in [-0.1, -0.05) is 6.07 Å². The van der Waals surface area contributed by atoms with Gasteiger partial charge in [-0.25, -0.2) is 8.78 Å². The lowest BCUT2D eigenvalue weighted by Crippen LogP contribution is -2.56. The van der Waals surface area contributed by atoms with Crippen molar-refractivity contribution in [2.45, 2.75) is 43.0 Å². The van der Waals surface area contributed by atoms with E-state index in [1.165, 1.54) is 6.07 Å². The molecule has 1 spiro atoms. The molecular formula is C22H24F2N2OS. The van der Waals surface area contributed by atoms with E-state index in [1.807, 2.05) is 36.5 Å². The van der Waals surface area contributed by atoms with Crippen LogP contribution in [0, 0.1) is 5.82 Å². The van der Waals surface area contributed by atoms with Gasteiger partial charge in [-0.3, -0.25) is 4.90 Å². The summed E-state index contributed by atoms with van der Waals surface area (Å²) < 4.78 is 36.1. The number of fused-ring (bicyclic) bond motifs is 4. The highest BCUT2D eigenvalue weighted by Crippen LogP contribution is 2.54. The van der Waals surface area contributed by atoms with Gasteiger partial charge < -0.3 is 9.72 Å². The molecule has 1 fully saturated rings. The van der Waals surface area contributed by atoms with Crippen molar-refractivity contribution in [3.63, 3.8) is 0 Å². The summed E-state index contributed by atoms with van der Waals surface area (Å²) in [4.78, 5) is 6.54. The summed E-state index contributed by atoms with van der Waals surface area (Å²) in [5, 5.41) is 2.91. The van der Waals surface area contributed by atoms with Crippen molar-refractivity contribution in [1.82, 2.24) is 9.88 Å². The summed E-state index contributed by atoms with van der Waals surface area (Å²) in [7, 11) is 3.92. The number of H-pyrrole nitrogens is 1. The molecule has 3 heterocycles. The van der Waals surface area contributed by atoms with Crippen LogP contribution in [0.5, 0.6) is 0 Å². The number of aromatic amines is 1. The van der Waals surface area contributed by atoms with Gasteiger partial charge in [0.1, 0.15) is 17.6 Å². The fraction of sp³-hybridized carbons (Fsp3) is 0.455. The number of rotatable bonds is 2. The molecule has 1 aliphatic heterocycles. The normalized spacial score (nSPS) is 30.2. The summed E-state index contributed by atoms with van der Waals surface area (Å²) in [5.74, 6) is -0.244. The number of nitrogens with one attached hydrogen (secondary N) is 1. The average molecular weight is 403 g/mol. The molecule has 3 aromatic rings. The van der Waals surface area contributed by atoms with Gasteiger partial charge in [0.15, 0.2) is 0 Å². The Bertz CT molecular complexity index is 1020. The largest absolute Gasteiger partial charge is 0.368 e. The lowest BCUT2D eigenvalue weighted by molar-refractivity contribution is -0.141. The third kappa shape index (κ3) is 2.44. The summed E-state index contributed by atoms with van der Waals surface area (Å²) in [6, 6.07) is 8.83. The van der Waals surface area contributed by atoms with E-state index in [0.29, 0.717) is 19.4 Å². The van der Waals surface area contributed by atoms with Crippen molar-refractivity contribution < 1.29 is 13.5 Å². The Kier molecular flexibility index (Phi) is 4.16. The summed E-state index contributed by atoms with van der Waals surface area (Å²) in [6.07, 6.45) is 1.35. The maximum atomic E-state index is 16.0. The number of aromatic nitrogens is 1. The highest BCUT2D eigenvalue weighted by molar-refractivity contribution is 7.10. The number of hydrogen-bond acceptors (Lipinski definition) is 3.